The number of halogens is 1. The molecule has 4 heteroatoms. The first-order chi connectivity index (χ1) is 8.04. The van der Waals surface area contributed by atoms with E-state index in [2.05, 4.69) is 0 Å². The van der Waals surface area contributed by atoms with Crippen LogP contribution in [0.4, 0.5) is 4.39 Å². The Labute approximate surface area is 100 Å². The zero-order valence-electron chi connectivity index (χ0n) is 10.0. The SMILES string of the molecule is COCC(C)C(Cc1ccc(F)cc1)C(=O)O. The van der Waals surface area contributed by atoms with Crippen LogP contribution in [0.5, 0.6) is 0 Å². The van der Waals surface area contributed by atoms with Crippen molar-refractivity contribution in [3.63, 3.8) is 0 Å². The maximum absolute atomic E-state index is 12.7. The fourth-order valence-electron chi connectivity index (χ4n) is 1.79. The fraction of sp³-hybridized carbons (Fsp3) is 0.462. The second kappa shape index (κ2) is 6.35. The summed E-state index contributed by atoms with van der Waals surface area (Å²) in [4.78, 5) is 11.2. The number of carbonyl (C=O) groups is 1. The third kappa shape index (κ3) is 4.15. The zero-order chi connectivity index (χ0) is 12.8. The van der Waals surface area contributed by atoms with Crippen molar-refractivity contribution in [2.75, 3.05) is 13.7 Å². The summed E-state index contributed by atoms with van der Waals surface area (Å²) in [6.45, 7) is 2.24. The van der Waals surface area contributed by atoms with Gasteiger partial charge in [0.15, 0.2) is 0 Å². The molecule has 1 N–H and O–H groups in total. The summed E-state index contributed by atoms with van der Waals surface area (Å²) in [6, 6.07) is 5.92. The number of hydrogen-bond acceptors (Lipinski definition) is 2. The molecule has 0 bridgehead atoms. The minimum atomic E-state index is -0.848. The Morgan fingerprint density at radius 1 is 1.41 bits per heavy atom. The molecule has 0 aromatic heterocycles. The van der Waals surface area contributed by atoms with Crippen molar-refractivity contribution in [2.45, 2.75) is 13.3 Å². The van der Waals surface area contributed by atoms with Gasteiger partial charge in [0.25, 0.3) is 0 Å². The van der Waals surface area contributed by atoms with Crippen molar-refractivity contribution in [2.24, 2.45) is 11.8 Å². The highest BCUT2D eigenvalue weighted by Gasteiger charge is 2.24. The molecule has 0 spiro atoms. The molecule has 0 saturated carbocycles. The Balaban J connectivity index is 2.73. The maximum Gasteiger partial charge on any atom is 0.307 e. The van der Waals surface area contributed by atoms with E-state index >= 15 is 0 Å². The minimum absolute atomic E-state index is 0.0810. The molecule has 1 aromatic carbocycles. The summed E-state index contributed by atoms with van der Waals surface area (Å²) >= 11 is 0. The largest absolute Gasteiger partial charge is 0.481 e. The number of methoxy groups -OCH3 is 1. The predicted molar refractivity (Wildman–Crippen MR) is 62.3 cm³/mol. The molecule has 0 fully saturated rings. The summed E-state index contributed by atoms with van der Waals surface area (Å²) < 4.78 is 17.7. The molecule has 1 rings (SSSR count). The molecule has 0 radical (unpaired) electrons. The van der Waals surface area contributed by atoms with E-state index in [1.165, 1.54) is 12.1 Å². The normalized spacial score (nSPS) is 14.3. The molecular formula is C13H17FO3. The van der Waals surface area contributed by atoms with Crippen LogP contribution < -0.4 is 0 Å². The highest BCUT2D eigenvalue weighted by Crippen LogP contribution is 2.18. The topological polar surface area (TPSA) is 46.5 Å². The van der Waals surface area contributed by atoms with E-state index < -0.39 is 11.9 Å². The zero-order valence-corrected chi connectivity index (χ0v) is 10.0. The summed E-state index contributed by atoms with van der Waals surface area (Å²) in [7, 11) is 1.55. The van der Waals surface area contributed by atoms with Crippen LogP contribution in [-0.4, -0.2) is 24.8 Å². The number of carboxylic acids is 1. The van der Waals surface area contributed by atoms with Gasteiger partial charge in [-0.15, -0.1) is 0 Å². The van der Waals surface area contributed by atoms with Gasteiger partial charge in [-0.25, -0.2) is 4.39 Å². The lowest BCUT2D eigenvalue weighted by molar-refractivity contribution is -0.144. The van der Waals surface area contributed by atoms with Gasteiger partial charge in [-0.3, -0.25) is 4.79 Å². The molecule has 17 heavy (non-hydrogen) atoms. The highest BCUT2D eigenvalue weighted by atomic mass is 19.1. The molecule has 0 aliphatic heterocycles. The predicted octanol–water partition coefficient (Wildman–Crippen LogP) is 2.35. The second-order valence-electron chi connectivity index (χ2n) is 4.21. The first-order valence-electron chi connectivity index (χ1n) is 5.50. The first-order valence-corrected chi connectivity index (χ1v) is 5.50. The summed E-state index contributed by atoms with van der Waals surface area (Å²) in [5.41, 5.74) is 0.821. The van der Waals surface area contributed by atoms with Crippen molar-refractivity contribution in [1.82, 2.24) is 0 Å². The summed E-state index contributed by atoms with van der Waals surface area (Å²) in [6.07, 6.45) is 0.389. The fourth-order valence-corrected chi connectivity index (χ4v) is 1.79. The molecule has 3 nitrogen and oxygen atoms in total. The van der Waals surface area contributed by atoms with Crippen molar-refractivity contribution in [1.29, 1.82) is 0 Å². The van der Waals surface area contributed by atoms with Gasteiger partial charge in [0, 0.05) is 13.7 Å². The number of ether oxygens (including phenoxy) is 1. The minimum Gasteiger partial charge on any atom is -0.481 e. The number of benzene rings is 1. The Kier molecular flexibility index (Phi) is 5.10. The van der Waals surface area contributed by atoms with Gasteiger partial charge in [0.1, 0.15) is 5.82 Å². The third-order valence-electron chi connectivity index (χ3n) is 2.80. The lowest BCUT2D eigenvalue weighted by Crippen LogP contribution is -2.26. The van der Waals surface area contributed by atoms with Gasteiger partial charge < -0.3 is 9.84 Å². The van der Waals surface area contributed by atoms with Crippen LogP contribution in [0, 0.1) is 17.7 Å². The molecule has 0 saturated heterocycles. The number of aliphatic carboxylic acids is 1. The quantitative estimate of drug-likeness (QED) is 0.830. The molecular weight excluding hydrogens is 223 g/mol. The van der Waals surface area contributed by atoms with Crippen LogP contribution in [-0.2, 0) is 16.0 Å². The van der Waals surface area contributed by atoms with E-state index in [0.29, 0.717) is 13.0 Å². The van der Waals surface area contributed by atoms with Gasteiger partial charge in [-0.1, -0.05) is 19.1 Å². The van der Waals surface area contributed by atoms with E-state index in [0.717, 1.165) is 5.56 Å². The van der Waals surface area contributed by atoms with Gasteiger partial charge in [-0.2, -0.15) is 0 Å². The molecule has 0 aliphatic carbocycles. The van der Waals surface area contributed by atoms with Gasteiger partial charge in [0.2, 0.25) is 0 Å². The molecule has 0 heterocycles. The maximum atomic E-state index is 12.7. The van der Waals surface area contributed by atoms with Crippen LogP contribution >= 0.6 is 0 Å². The van der Waals surface area contributed by atoms with Crippen LogP contribution in [0.15, 0.2) is 24.3 Å². The number of rotatable bonds is 6. The lowest BCUT2D eigenvalue weighted by atomic mass is 9.88. The third-order valence-corrected chi connectivity index (χ3v) is 2.80. The molecule has 1 aromatic rings. The van der Waals surface area contributed by atoms with E-state index in [1.54, 1.807) is 19.2 Å². The van der Waals surface area contributed by atoms with E-state index in [9.17, 15) is 9.18 Å². The average molecular weight is 240 g/mol. The summed E-state index contributed by atoms with van der Waals surface area (Å²) in [5.74, 6) is -1.76. The lowest BCUT2D eigenvalue weighted by Gasteiger charge is -2.19. The van der Waals surface area contributed by atoms with Crippen molar-refractivity contribution >= 4 is 5.97 Å². The Bertz CT molecular complexity index is 361. The number of carboxylic acid groups (broad SMARTS) is 1. The monoisotopic (exact) mass is 240 g/mol. The molecule has 2 unspecified atom stereocenters. The Morgan fingerprint density at radius 3 is 2.47 bits per heavy atom. The van der Waals surface area contributed by atoms with E-state index in [-0.39, 0.29) is 11.7 Å². The molecule has 0 aliphatic rings. The van der Waals surface area contributed by atoms with Crippen LogP contribution in [0.1, 0.15) is 12.5 Å². The Hall–Kier alpha value is -1.42. The van der Waals surface area contributed by atoms with Gasteiger partial charge in [0.05, 0.1) is 5.92 Å². The van der Waals surface area contributed by atoms with Gasteiger partial charge in [-0.05, 0) is 30.0 Å². The Morgan fingerprint density at radius 2 is 2.00 bits per heavy atom. The smallest absolute Gasteiger partial charge is 0.307 e. The molecule has 2 atom stereocenters. The van der Waals surface area contributed by atoms with Gasteiger partial charge >= 0.3 is 5.97 Å². The van der Waals surface area contributed by atoms with Crippen LogP contribution in [0.2, 0.25) is 0 Å². The number of hydrogen-bond donors (Lipinski definition) is 1. The van der Waals surface area contributed by atoms with E-state index in [4.69, 9.17) is 9.84 Å². The van der Waals surface area contributed by atoms with Crippen molar-refractivity contribution in [3.8, 4) is 0 Å². The van der Waals surface area contributed by atoms with Crippen LogP contribution in [0.3, 0.4) is 0 Å². The average Bonchev–Trinajstić information content (AvgIpc) is 2.28. The van der Waals surface area contributed by atoms with Crippen LogP contribution in [0.25, 0.3) is 0 Å². The standard InChI is InChI=1S/C13H17FO3/c1-9(8-17-2)12(13(15)16)7-10-3-5-11(14)6-4-10/h3-6,9,12H,7-8H2,1-2H3,(H,15,16). The first kappa shape index (κ1) is 13.6. The molecule has 94 valence electrons. The molecule has 0 amide bonds. The van der Waals surface area contributed by atoms with Crippen molar-refractivity contribution < 1.29 is 19.0 Å². The summed E-state index contributed by atoms with van der Waals surface area (Å²) in [5, 5.41) is 9.16. The van der Waals surface area contributed by atoms with Crippen molar-refractivity contribution in [3.05, 3.63) is 35.6 Å². The second-order valence-corrected chi connectivity index (χ2v) is 4.21. The van der Waals surface area contributed by atoms with E-state index in [1.807, 2.05) is 6.92 Å². The highest BCUT2D eigenvalue weighted by molar-refractivity contribution is 5.70.